The Balaban J connectivity index is 1.28. The van der Waals surface area contributed by atoms with Crippen molar-refractivity contribution in [3.63, 3.8) is 0 Å². The Kier molecular flexibility index (Phi) is 5.07. The molecule has 2 aromatic heterocycles. The van der Waals surface area contributed by atoms with Crippen LogP contribution in [0.15, 0.2) is 61.1 Å². The lowest BCUT2D eigenvalue weighted by Crippen LogP contribution is -2.08. The van der Waals surface area contributed by atoms with Crippen molar-refractivity contribution >= 4 is 27.9 Å². The number of aromatic nitrogens is 3. The Morgan fingerprint density at radius 1 is 1.04 bits per heavy atom. The summed E-state index contributed by atoms with van der Waals surface area (Å²) in [6.07, 6.45) is 4.00. The zero-order valence-corrected chi connectivity index (χ0v) is 14.7. The molecule has 0 aliphatic rings. The minimum atomic E-state index is -0.358. The highest BCUT2D eigenvalue weighted by Gasteiger charge is 2.10. The van der Waals surface area contributed by atoms with E-state index in [2.05, 4.69) is 15.0 Å². The van der Waals surface area contributed by atoms with Crippen LogP contribution in [0.2, 0.25) is 0 Å². The van der Waals surface area contributed by atoms with E-state index in [4.69, 9.17) is 9.47 Å². The monoisotopic (exact) mass is 361 g/mol. The highest BCUT2D eigenvalue weighted by atomic mass is 16.5. The quantitative estimate of drug-likeness (QED) is 0.399. The minimum absolute atomic E-state index is 0.317. The number of nitrogens with zero attached hydrogens (tertiary/aromatic N) is 2. The molecule has 0 saturated carbocycles. The van der Waals surface area contributed by atoms with Crippen LogP contribution >= 0.6 is 0 Å². The van der Waals surface area contributed by atoms with Crippen LogP contribution in [0.25, 0.3) is 21.9 Å². The van der Waals surface area contributed by atoms with E-state index in [1.807, 2.05) is 36.4 Å². The molecule has 0 radical (unpaired) electrons. The Morgan fingerprint density at radius 2 is 1.93 bits per heavy atom. The number of imidazole rings is 1. The van der Waals surface area contributed by atoms with Gasteiger partial charge in [0.1, 0.15) is 0 Å². The second kappa shape index (κ2) is 7.97. The number of esters is 1. The number of benzene rings is 2. The molecular weight excluding hydrogens is 342 g/mol. The third kappa shape index (κ3) is 3.96. The number of hydrogen-bond donors (Lipinski definition) is 1. The number of rotatable bonds is 7. The first-order valence-electron chi connectivity index (χ1n) is 8.82. The molecule has 0 bridgehead atoms. The van der Waals surface area contributed by atoms with E-state index >= 15 is 0 Å². The second-order valence-corrected chi connectivity index (χ2v) is 6.18. The van der Waals surface area contributed by atoms with Crippen LogP contribution in [0.5, 0.6) is 0 Å². The largest absolute Gasteiger partial charge is 0.462 e. The number of nitrogens with one attached hydrogen (secondary N) is 1. The van der Waals surface area contributed by atoms with Crippen molar-refractivity contribution in [2.24, 2.45) is 0 Å². The van der Waals surface area contributed by atoms with Gasteiger partial charge in [0, 0.05) is 11.8 Å². The maximum Gasteiger partial charge on any atom is 0.338 e. The van der Waals surface area contributed by atoms with Crippen molar-refractivity contribution in [1.29, 1.82) is 0 Å². The molecule has 0 saturated heterocycles. The van der Waals surface area contributed by atoms with Gasteiger partial charge in [-0.1, -0.05) is 30.3 Å². The smallest absolute Gasteiger partial charge is 0.338 e. The molecule has 1 N–H and O–H groups in total. The molecule has 6 nitrogen and oxygen atoms in total. The maximum absolute atomic E-state index is 12.2. The Labute approximate surface area is 156 Å². The zero-order chi connectivity index (χ0) is 18.5. The predicted molar refractivity (Wildman–Crippen MR) is 102 cm³/mol. The third-order valence-corrected chi connectivity index (χ3v) is 4.27. The number of carbonyl (C=O) groups excluding carboxylic acids is 1. The average Bonchev–Trinajstić information content (AvgIpc) is 3.20. The van der Waals surface area contributed by atoms with Crippen molar-refractivity contribution in [3.8, 4) is 0 Å². The van der Waals surface area contributed by atoms with Gasteiger partial charge in [-0.2, -0.15) is 0 Å². The Hall–Kier alpha value is -3.25. The number of ether oxygens (including phenoxy) is 2. The van der Waals surface area contributed by atoms with Gasteiger partial charge in [-0.3, -0.25) is 4.98 Å². The van der Waals surface area contributed by atoms with Crippen molar-refractivity contribution in [2.75, 3.05) is 13.2 Å². The van der Waals surface area contributed by atoms with E-state index in [0.717, 1.165) is 27.5 Å². The van der Waals surface area contributed by atoms with Gasteiger partial charge < -0.3 is 14.5 Å². The van der Waals surface area contributed by atoms with Gasteiger partial charge in [0.05, 0.1) is 54.5 Å². The molecular formula is C21H19N3O3. The molecule has 0 aliphatic carbocycles. The predicted octanol–water partition coefficient (Wildman–Crippen LogP) is 3.87. The molecule has 0 aliphatic heterocycles. The van der Waals surface area contributed by atoms with Crippen molar-refractivity contribution in [2.45, 2.75) is 13.0 Å². The fraction of sp³-hybridized carbons (Fsp3) is 0.190. The van der Waals surface area contributed by atoms with Crippen molar-refractivity contribution < 1.29 is 14.3 Å². The van der Waals surface area contributed by atoms with Gasteiger partial charge in [-0.25, -0.2) is 9.78 Å². The van der Waals surface area contributed by atoms with Gasteiger partial charge in [0.15, 0.2) is 0 Å². The summed E-state index contributed by atoms with van der Waals surface area (Å²) < 4.78 is 10.9. The van der Waals surface area contributed by atoms with Gasteiger partial charge in [0.25, 0.3) is 0 Å². The van der Waals surface area contributed by atoms with E-state index in [1.54, 1.807) is 24.7 Å². The minimum Gasteiger partial charge on any atom is -0.462 e. The molecule has 27 heavy (non-hydrogen) atoms. The molecule has 136 valence electrons. The van der Waals surface area contributed by atoms with Crippen LogP contribution in [0, 0.1) is 0 Å². The number of pyridine rings is 1. The lowest BCUT2D eigenvalue weighted by Gasteiger charge is -2.07. The van der Waals surface area contributed by atoms with Crippen LogP contribution in [-0.2, 0) is 16.1 Å². The Bertz CT molecular complexity index is 1060. The van der Waals surface area contributed by atoms with E-state index in [1.165, 1.54) is 0 Å². The molecule has 2 heterocycles. The molecule has 0 fully saturated rings. The molecule has 0 unspecified atom stereocenters. The number of aromatic amines is 1. The number of fused-ring (bicyclic) bond motifs is 3. The second-order valence-electron chi connectivity index (χ2n) is 6.18. The van der Waals surface area contributed by atoms with Gasteiger partial charge in [-0.05, 0) is 23.8 Å². The number of H-pyrrole nitrogens is 1. The number of carbonyl (C=O) groups is 1. The van der Waals surface area contributed by atoms with Gasteiger partial charge in [-0.15, -0.1) is 0 Å². The van der Waals surface area contributed by atoms with Crippen LogP contribution < -0.4 is 0 Å². The molecule has 4 aromatic rings. The summed E-state index contributed by atoms with van der Waals surface area (Å²) in [5.74, 6) is -0.358. The van der Waals surface area contributed by atoms with Crippen LogP contribution in [0.4, 0.5) is 0 Å². The summed E-state index contributed by atoms with van der Waals surface area (Å²) in [5, 5.41) is 0.902. The summed E-state index contributed by atoms with van der Waals surface area (Å²) >= 11 is 0. The van der Waals surface area contributed by atoms with Gasteiger partial charge in [0.2, 0.25) is 0 Å². The molecule has 0 spiro atoms. The SMILES string of the molecule is O=C(OCCCOCc1ccccc1)c1ccc2c(c1)ncc1[nH]cnc12. The van der Waals surface area contributed by atoms with Crippen molar-refractivity contribution in [1.82, 2.24) is 15.0 Å². The standard InChI is InChI=1S/C21H19N3O3/c25-21(27-10-4-9-26-13-15-5-2-1-3-6-15)16-7-8-17-18(11-16)22-12-19-20(17)24-14-23-19/h1-3,5-8,11-12,14H,4,9-10,13H2,(H,23,24). The highest BCUT2D eigenvalue weighted by Crippen LogP contribution is 2.21. The third-order valence-electron chi connectivity index (χ3n) is 4.27. The molecule has 6 heteroatoms. The van der Waals surface area contributed by atoms with Crippen molar-refractivity contribution in [3.05, 3.63) is 72.2 Å². The lowest BCUT2D eigenvalue weighted by molar-refractivity contribution is 0.0434. The highest BCUT2D eigenvalue weighted by molar-refractivity contribution is 6.04. The fourth-order valence-electron chi connectivity index (χ4n) is 2.89. The fourth-order valence-corrected chi connectivity index (χ4v) is 2.89. The topological polar surface area (TPSA) is 77.1 Å². The first-order valence-corrected chi connectivity index (χ1v) is 8.82. The summed E-state index contributed by atoms with van der Waals surface area (Å²) in [6, 6.07) is 15.3. The van der Waals surface area contributed by atoms with E-state index < -0.39 is 0 Å². The van der Waals surface area contributed by atoms with Gasteiger partial charge >= 0.3 is 5.97 Å². The lowest BCUT2D eigenvalue weighted by atomic mass is 10.1. The Morgan fingerprint density at radius 3 is 2.81 bits per heavy atom. The molecule has 0 atom stereocenters. The van der Waals surface area contributed by atoms with E-state index in [9.17, 15) is 4.79 Å². The molecule has 0 amide bonds. The van der Waals surface area contributed by atoms with E-state index in [0.29, 0.717) is 31.8 Å². The summed E-state index contributed by atoms with van der Waals surface area (Å²) in [7, 11) is 0. The normalized spacial score (nSPS) is 11.1. The average molecular weight is 361 g/mol. The van der Waals surface area contributed by atoms with Crippen LogP contribution in [0.1, 0.15) is 22.3 Å². The van der Waals surface area contributed by atoms with Crippen LogP contribution in [-0.4, -0.2) is 34.1 Å². The molecule has 2 aromatic carbocycles. The first-order chi connectivity index (χ1) is 13.3. The number of hydrogen-bond acceptors (Lipinski definition) is 5. The molecule has 4 rings (SSSR count). The summed E-state index contributed by atoms with van der Waals surface area (Å²) in [4.78, 5) is 23.9. The zero-order valence-electron chi connectivity index (χ0n) is 14.7. The van der Waals surface area contributed by atoms with Crippen LogP contribution in [0.3, 0.4) is 0 Å². The first kappa shape index (κ1) is 17.2. The summed E-state index contributed by atoms with van der Waals surface area (Å²) in [6.45, 7) is 1.42. The summed E-state index contributed by atoms with van der Waals surface area (Å²) in [5.41, 5.74) is 4.04. The van der Waals surface area contributed by atoms with E-state index in [-0.39, 0.29) is 5.97 Å². The maximum atomic E-state index is 12.2.